The Morgan fingerprint density at radius 3 is 2.50 bits per heavy atom. The maximum Gasteiger partial charge on any atom is 0.343 e. The van der Waals surface area contributed by atoms with Crippen molar-refractivity contribution in [2.24, 2.45) is 0 Å². The van der Waals surface area contributed by atoms with Crippen LogP contribution in [-0.2, 0) is 6.42 Å². The van der Waals surface area contributed by atoms with Crippen LogP contribution >= 0.6 is 0 Å². The van der Waals surface area contributed by atoms with E-state index in [1.165, 1.54) is 18.2 Å². The molecule has 2 aromatic carbocycles. The Bertz CT molecular complexity index is 819. The monoisotopic (exact) mass is 268 g/mol. The topological polar surface area (TPSA) is 70.7 Å². The van der Waals surface area contributed by atoms with Crippen molar-refractivity contribution in [2.45, 2.75) is 6.42 Å². The molecule has 20 heavy (non-hydrogen) atoms. The third-order valence-corrected chi connectivity index (χ3v) is 3.18. The fraction of sp³-hybridized carbons (Fsp3) is 0.0625. The van der Waals surface area contributed by atoms with Gasteiger partial charge in [-0.25, -0.2) is 4.79 Å². The molecule has 0 saturated carbocycles. The lowest BCUT2D eigenvalue weighted by Gasteiger charge is -2.06. The normalized spacial score (nSPS) is 10.8. The van der Waals surface area contributed by atoms with Crippen molar-refractivity contribution in [2.75, 3.05) is 0 Å². The van der Waals surface area contributed by atoms with Crippen molar-refractivity contribution in [1.29, 1.82) is 0 Å². The molecule has 4 heteroatoms. The molecule has 0 aliphatic rings. The van der Waals surface area contributed by atoms with Crippen LogP contribution in [-0.4, -0.2) is 10.2 Å². The first-order valence-electron chi connectivity index (χ1n) is 6.17. The summed E-state index contributed by atoms with van der Waals surface area (Å²) in [5.41, 5.74) is 0.705. The van der Waals surface area contributed by atoms with E-state index in [-0.39, 0.29) is 22.6 Å². The molecule has 4 nitrogen and oxygen atoms in total. The fourth-order valence-electron chi connectivity index (χ4n) is 2.17. The van der Waals surface area contributed by atoms with Crippen molar-refractivity contribution in [3.63, 3.8) is 0 Å². The second-order valence-corrected chi connectivity index (χ2v) is 4.56. The van der Waals surface area contributed by atoms with Gasteiger partial charge >= 0.3 is 5.63 Å². The Hall–Kier alpha value is -2.75. The van der Waals surface area contributed by atoms with Gasteiger partial charge in [0.05, 0.1) is 10.9 Å². The van der Waals surface area contributed by atoms with Gasteiger partial charge in [-0.1, -0.05) is 30.3 Å². The first kappa shape index (κ1) is 12.3. The van der Waals surface area contributed by atoms with Crippen LogP contribution in [0.3, 0.4) is 0 Å². The molecule has 0 spiro atoms. The number of aromatic hydroxyl groups is 2. The van der Waals surface area contributed by atoms with E-state index in [9.17, 15) is 15.0 Å². The first-order valence-corrected chi connectivity index (χ1v) is 6.17. The van der Waals surface area contributed by atoms with E-state index >= 15 is 0 Å². The Balaban J connectivity index is 2.16. The van der Waals surface area contributed by atoms with E-state index in [0.29, 0.717) is 11.8 Å². The summed E-state index contributed by atoms with van der Waals surface area (Å²) >= 11 is 0. The fourth-order valence-corrected chi connectivity index (χ4v) is 2.17. The molecule has 100 valence electrons. The van der Waals surface area contributed by atoms with E-state index in [1.54, 1.807) is 0 Å². The summed E-state index contributed by atoms with van der Waals surface area (Å²) < 4.78 is 5.15. The summed E-state index contributed by atoms with van der Waals surface area (Å²) in [5, 5.41) is 20.0. The van der Waals surface area contributed by atoms with Gasteiger partial charge < -0.3 is 14.6 Å². The minimum absolute atomic E-state index is 0.0177. The third-order valence-electron chi connectivity index (χ3n) is 3.18. The molecule has 1 heterocycles. The van der Waals surface area contributed by atoms with Crippen LogP contribution in [0.25, 0.3) is 11.0 Å². The molecule has 0 aliphatic carbocycles. The molecule has 0 saturated heterocycles. The summed E-state index contributed by atoms with van der Waals surface area (Å²) in [6.45, 7) is 0. The average molecular weight is 268 g/mol. The molecular formula is C16H12O4. The zero-order valence-electron chi connectivity index (χ0n) is 10.5. The molecule has 2 N–H and O–H groups in total. The summed E-state index contributed by atoms with van der Waals surface area (Å²) in [6.07, 6.45) is 0.297. The quantitative estimate of drug-likeness (QED) is 0.701. The van der Waals surface area contributed by atoms with Crippen molar-refractivity contribution in [1.82, 2.24) is 0 Å². The van der Waals surface area contributed by atoms with E-state index in [0.717, 1.165) is 5.56 Å². The van der Waals surface area contributed by atoms with Crippen LogP contribution in [0, 0.1) is 0 Å². The number of hydrogen-bond donors (Lipinski definition) is 2. The van der Waals surface area contributed by atoms with Gasteiger partial charge in [0, 0.05) is 12.5 Å². The maximum atomic E-state index is 12.0. The molecule has 0 fully saturated rings. The molecule has 3 rings (SSSR count). The Morgan fingerprint density at radius 2 is 1.75 bits per heavy atom. The van der Waals surface area contributed by atoms with E-state index in [1.807, 2.05) is 30.3 Å². The van der Waals surface area contributed by atoms with Gasteiger partial charge in [-0.3, -0.25) is 0 Å². The van der Waals surface area contributed by atoms with Gasteiger partial charge in [-0.15, -0.1) is 0 Å². The largest absolute Gasteiger partial charge is 0.508 e. The van der Waals surface area contributed by atoms with E-state index in [4.69, 9.17) is 4.42 Å². The third kappa shape index (κ3) is 2.12. The minimum atomic E-state index is -0.593. The highest BCUT2D eigenvalue weighted by Crippen LogP contribution is 2.29. The summed E-state index contributed by atoms with van der Waals surface area (Å²) in [7, 11) is 0. The summed E-state index contributed by atoms with van der Waals surface area (Å²) in [4.78, 5) is 12.0. The number of hydrogen-bond acceptors (Lipinski definition) is 4. The van der Waals surface area contributed by atoms with Crippen LogP contribution in [0.5, 0.6) is 11.5 Å². The number of rotatable bonds is 2. The zero-order valence-corrected chi connectivity index (χ0v) is 10.5. The van der Waals surface area contributed by atoms with Crippen molar-refractivity contribution < 1.29 is 14.6 Å². The summed E-state index contributed by atoms with van der Waals surface area (Å²) in [6, 6.07) is 13.6. The first-order chi connectivity index (χ1) is 9.65. The Kier molecular flexibility index (Phi) is 2.91. The highest BCUT2D eigenvalue weighted by Gasteiger charge is 2.14. The molecule has 0 atom stereocenters. The lowest BCUT2D eigenvalue weighted by atomic mass is 10.0. The molecule has 0 bridgehead atoms. The summed E-state index contributed by atoms with van der Waals surface area (Å²) in [5.74, 6) is -0.115. The molecule has 0 unspecified atom stereocenters. The smallest absolute Gasteiger partial charge is 0.343 e. The average Bonchev–Trinajstić information content (AvgIpc) is 2.44. The van der Waals surface area contributed by atoms with Crippen molar-refractivity contribution >= 4 is 11.0 Å². The van der Waals surface area contributed by atoms with Crippen molar-refractivity contribution in [3.8, 4) is 11.5 Å². The van der Waals surface area contributed by atoms with Crippen LogP contribution in [0.4, 0.5) is 0 Å². The van der Waals surface area contributed by atoms with Gasteiger partial charge in [0.1, 0.15) is 17.1 Å². The number of fused-ring (bicyclic) bond motifs is 1. The lowest BCUT2D eigenvalue weighted by Crippen LogP contribution is -2.08. The van der Waals surface area contributed by atoms with Gasteiger partial charge in [-0.05, 0) is 17.7 Å². The van der Waals surface area contributed by atoms with Crippen LogP contribution < -0.4 is 5.63 Å². The van der Waals surface area contributed by atoms with Gasteiger partial charge in [0.25, 0.3) is 0 Å². The second kappa shape index (κ2) is 4.74. The molecule has 0 radical (unpaired) electrons. The number of phenols is 1. The van der Waals surface area contributed by atoms with Crippen molar-refractivity contribution in [3.05, 3.63) is 70.1 Å². The predicted octanol–water partition coefficient (Wildman–Crippen LogP) is 2.80. The number of phenolic OH excluding ortho intramolecular Hbond substituents is 1. The van der Waals surface area contributed by atoms with Crippen LogP contribution in [0.15, 0.2) is 57.7 Å². The van der Waals surface area contributed by atoms with Crippen LogP contribution in [0.1, 0.15) is 11.1 Å². The van der Waals surface area contributed by atoms with Crippen LogP contribution in [0.2, 0.25) is 0 Å². The lowest BCUT2D eigenvalue weighted by molar-refractivity contribution is 0.455. The SMILES string of the molecule is O=c1oc2cc(O)ccc2c(O)c1Cc1ccccc1. The Labute approximate surface area is 114 Å². The van der Waals surface area contributed by atoms with E-state index < -0.39 is 5.63 Å². The molecule has 0 amide bonds. The van der Waals surface area contributed by atoms with E-state index in [2.05, 4.69) is 0 Å². The van der Waals surface area contributed by atoms with Gasteiger partial charge in [0.2, 0.25) is 0 Å². The maximum absolute atomic E-state index is 12.0. The molecule has 0 aliphatic heterocycles. The molecular weight excluding hydrogens is 256 g/mol. The van der Waals surface area contributed by atoms with Gasteiger partial charge in [-0.2, -0.15) is 0 Å². The predicted molar refractivity (Wildman–Crippen MR) is 75.1 cm³/mol. The minimum Gasteiger partial charge on any atom is -0.508 e. The Morgan fingerprint density at radius 1 is 1.00 bits per heavy atom. The molecule has 3 aromatic rings. The highest BCUT2D eigenvalue weighted by molar-refractivity contribution is 5.85. The molecule has 1 aromatic heterocycles. The standard InChI is InChI=1S/C16H12O4/c17-11-6-7-12-14(9-11)20-16(19)13(15(12)18)8-10-4-2-1-3-5-10/h1-7,9,17-18H,8H2. The zero-order chi connectivity index (χ0) is 14.1. The second-order valence-electron chi connectivity index (χ2n) is 4.56. The van der Waals surface area contributed by atoms with Gasteiger partial charge in [0.15, 0.2) is 0 Å². The number of benzene rings is 2. The highest BCUT2D eigenvalue weighted by atomic mass is 16.4.